The van der Waals surface area contributed by atoms with Gasteiger partial charge in [-0.05, 0) is 31.4 Å². The molecule has 6 heteroatoms. The number of rotatable bonds is 4. The number of carbonyl (C=O) groups is 1. The number of halogens is 2. The standard InChI is InChI=1S/C13H11F2NO2S/c1-7-16-9(6-19-7)4-2-8-3-5-10(13(17)18)12(15)11(8)14/h3,5-6H,2,4H2,1H3,(H,17,18). The summed E-state index contributed by atoms with van der Waals surface area (Å²) < 4.78 is 27.1. The lowest BCUT2D eigenvalue weighted by Gasteiger charge is -2.05. The third kappa shape index (κ3) is 2.96. The lowest BCUT2D eigenvalue weighted by Crippen LogP contribution is -2.06. The SMILES string of the molecule is Cc1nc(CCc2ccc(C(=O)O)c(F)c2F)cs1. The number of aromatic carboxylic acids is 1. The normalized spacial score (nSPS) is 10.7. The Kier molecular flexibility index (Phi) is 3.90. The number of thiazole rings is 1. The Labute approximate surface area is 112 Å². The molecule has 0 radical (unpaired) electrons. The highest BCUT2D eigenvalue weighted by Crippen LogP contribution is 2.19. The molecule has 0 bridgehead atoms. The molecule has 1 N–H and O–H groups in total. The highest BCUT2D eigenvalue weighted by atomic mass is 32.1. The molecule has 0 aliphatic rings. The van der Waals surface area contributed by atoms with Crippen LogP contribution in [-0.2, 0) is 12.8 Å². The lowest BCUT2D eigenvalue weighted by molar-refractivity contribution is 0.0690. The summed E-state index contributed by atoms with van der Waals surface area (Å²) in [5.41, 5.74) is 0.337. The second kappa shape index (κ2) is 5.44. The molecule has 2 aromatic rings. The van der Waals surface area contributed by atoms with Crippen LogP contribution in [0.4, 0.5) is 8.78 Å². The van der Waals surface area contributed by atoms with Crippen molar-refractivity contribution in [3.63, 3.8) is 0 Å². The highest BCUT2D eigenvalue weighted by Gasteiger charge is 2.17. The molecule has 0 saturated carbocycles. The third-order valence-electron chi connectivity index (χ3n) is 2.71. The minimum absolute atomic E-state index is 0.160. The molecule has 100 valence electrons. The Morgan fingerprint density at radius 1 is 1.32 bits per heavy atom. The number of carboxylic acid groups (broad SMARTS) is 1. The van der Waals surface area contributed by atoms with Crippen LogP contribution in [0.3, 0.4) is 0 Å². The summed E-state index contributed by atoms with van der Waals surface area (Å²) in [6.45, 7) is 1.87. The van der Waals surface area contributed by atoms with Gasteiger partial charge in [0.1, 0.15) is 0 Å². The average molecular weight is 283 g/mol. The van der Waals surface area contributed by atoms with Gasteiger partial charge in [-0.25, -0.2) is 18.6 Å². The summed E-state index contributed by atoms with van der Waals surface area (Å²) in [6.07, 6.45) is 0.777. The van der Waals surface area contributed by atoms with E-state index >= 15 is 0 Å². The number of aryl methyl sites for hydroxylation is 3. The highest BCUT2D eigenvalue weighted by molar-refractivity contribution is 7.09. The first kappa shape index (κ1) is 13.6. The van der Waals surface area contributed by atoms with E-state index in [0.717, 1.165) is 16.8 Å². The monoisotopic (exact) mass is 283 g/mol. The van der Waals surface area contributed by atoms with E-state index in [4.69, 9.17) is 5.11 Å². The van der Waals surface area contributed by atoms with Crippen LogP contribution < -0.4 is 0 Å². The van der Waals surface area contributed by atoms with Gasteiger partial charge in [-0.1, -0.05) is 6.07 Å². The summed E-state index contributed by atoms with van der Waals surface area (Å²) >= 11 is 1.50. The van der Waals surface area contributed by atoms with Gasteiger partial charge < -0.3 is 5.11 Å². The van der Waals surface area contributed by atoms with Gasteiger partial charge >= 0.3 is 5.97 Å². The van der Waals surface area contributed by atoms with E-state index in [1.165, 1.54) is 17.4 Å². The third-order valence-corrected chi connectivity index (χ3v) is 3.53. The van der Waals surface area contributed by atoms with E-state index in [1.54, 1.807) is 0 Å². The molecule has 2 rings (SSSR count). The van der Waals surface area contributed by atoms with Gasteiger partial charge in [0.25, 0.3) is 0 Å². The van der Waals surface area contributed by atoms with E-state index in [-0.39, 0.29) is 12.0 Å². The van der Waals surface area contributed by atoms with Crippen molar-refractivity contribution in [2.45, 2.75) is 19.8 Å². The van der Waals surface area contributed by atoms with Crippen molar-refractivity contribution in [1.82, 2.24) is 4.98 Å². The number of benzene rings is 1. The zero-order valence-corrected chi connectivity index (χ0v) is 10.9. The van der Waals surface area contributed by atoms with Crippen LogP contribution in [0.25, 0.3) is 0 Å². The second-order valence-electron chi connectivity index (χ2n) is 4.06. The smallest absolute Gasteiger partial charge is 0.338 e. The summed E-state index contributed by atoms with van der Waals surface area (Å²) in [5.74, 6) is -3.87. The van der Waals surface area contributed by atoms with E-state index in [2.05, 4.69) is 4.98 Å². The Morgan fingerprint density at radius 3 is 2.63 bits per heavy atom. The summed E-state index contributed by atoms with van der Waals surface area (Å²) in [7, 11) is 0. The van der Waals surface area contributed by atoms with Crippen molar-refractivity contribution < 1.29 is 18.7 Å². The van der Waals surface area contributed by atoms with Crippen LogP contribution in [0.5, 0.6) is 0 Å². The van der Waals surface area contributed by atoms with Crippen LogP contribution in [0, 0.1) is 18.6 Å². The van der Waals surface area contributed by atoms with Crippen LogP contribution in [0.1, 0.15) is 26.6 Å². The van der Waals surface area contributed by atoms with Gasteiger partial charge in [0, 0.05) is 5.38 Å². The average Bonchev–Trinajstić information content (AvgIpc) is 2.76. The Morgan fingerprint density at radius 2 is 2.05 bits per heavy atom. The van der Waals surface area contributed by atoms with Gasteiger partial charge in [-0.3, -0.25) is 0 Å². The lowest BCUT2D eigenvalue weighted by atomic mass is 10.0. The van der Waals surface area contributed by atoms with Crippen molar-refractivity contribution in [2.24, 2.45) is 0 Å². The summed E-state index contributed by atoms with van der Waals surface area (Å²) in [5, 5.41) is 11.5. The Balaban J connectivity index is 2.17. The maximum Gasteiger partial charge on any atom is 0.338 e. The predicted octanol–water partition coefficient (Wildman–Crippen LogP) is 3.21. The molecule has 19 heavy (non-hydrogen) atoms. The first-order chi connectivity index (χ1) is 8.99. The number of hydrogen-bond donors (Lipinski definition) is 1. The fourth-order valence-corrected chi connectivity index (χ4v) is 2.38. The first-order valence-electron chi connectivity index (χ1n) is 5.60. The largest absolute Gasteiger partial charge is 0.478 e. The van der Waals surface area contributed by atoms with Crippen LogP contribution in [0.2, 0.25) is 0 Å². The quantitative estimate of drug-likeness (QED) is 0.937. The molecule has 1 aromatic heterocycles. The van der Waals surface area contributed by atoms with Crippen molar-refractivity contribution in [3.8, 4) is 0 Å². The molecule has 0 spiro atoms. The van der Waals surface area contributed by atoms with E-state index < -0.39 is 23.2 Å². The number of hydrogen-bond acceptors (Lipinski definition) is 3. The maximum atomic E-state index is 13.7. The molecular formula is C13H11F2NO2S. The van der Waals surface area contributed by atoms with Crippen LogP contribution >= 0.6 is 11.3 Å². The van der Waals surface area contributed by atoms with Gasteiger partial charge in [-0.2, -0.15) is 0 Å². The molecule has 0 amide bonds. The fourth-order valence-electron chi connectivity index (χ4n) is 1.73. The zero-order chi connectivity index (χ0) is 14.0. The van der Waals surface area contributed by atoms with E-state index in [9.17, 15) is 13.6 Å². The molecule has 0 saturated heterocycles. The molecule has 1 heterocycles. The molecule has 0 aliphatic carbocycles. The number of aromatic nitrogens is 1. The minimum atomic E-state index is -1.47. The zero-order valence-electron chi connectivity index (χ0n) is 10.1. The van der Waals surface area contributed by atoms with Crippen molar-refractivity contribution in [1.29, 1.82) is 0 Å². The van der Waals surface area contributed by atoms with Gasteiger partial charge in [-0.15, -0.1) is 11.3 Å². The summed E-state index contributed by atoms with van der Waals surface area (Å²) in [6, 6.07) is 2.39. The number of nitrogens with zero attached hydrogens (tertiary/aromatic N) is 1. The molecule has 1 aromatic carbocycles. The minimum Gasteiger partial charge on any atom is -0.478 e. The molecule has 0 atom stereocenters. The topological polar surface area (TPSA) is 50.2 Å². The van der Waals surface area contributed by atoms with Crippen molar-refractivity contribution in [2.75, 3.05) is 0 Å². The Bertz CT molecular complexity index is 625. The molecular weight excluding hydrogens is 272 g/mol. The van der Waals surface area contributed by atoms with Gasteiger partial charge in [0.15, 0.2) is 11.6 Å². The van der Waals surface area contributed by atoms with Crippen LogP contribution in [-0.4, -0.2) is 16.1 Å². The molecule has 3 nitrogen and oxygen atoms in total. The van der Waals surface area contributed by atoms with Crippen molar-refractivity contribution in [3.05, 3.63) is 51.0 Å². The van der Waals surface area contributed by atoms with E-state index in [0.29, 0.717) is 6.42 Å². The predicted molar refractivity (Wildman–Crippen MR) is 67.6 cm³/mol. The van der Waals surface area contributed by atoms with Gasteiger partial charge in [0.2, 0.25) is 0 Å². The van der Waals surface area contributed by atoms with Gasteiger partial charge in [0.05, 0.1) is 16.3 Å². The summed E-state index contributed by atoms with van der Waals surface area (Å²) in [4.78, 5) is 14.9. The molecule has 0 aliphatic heterocycles. The van der Waals surface area contributed by atoms with Crippen molar-refractivity contribution >= 4 is 17.3 Å². The fraction of sp³-hybridized carbons (Fsp3) is 0.231. The first-order valence-corrected chi connectivity index (χ1v) is 6.48. The van der Waals surface area contributed by atoms with Crippen LogP contribution in [0.15, 0.2) is 17.5 Å². The molecule has 0 unspecified atom stereocenters. The Hall–Kier alpha value is -1.82. The van der Waals surface area contributed by atoms with E-state index in [1.807, 2.05) is 12.3 Å². The number of carboxylic acids is 1. The molecule has 0 fully saturated rings. The second-order valence-corrected chi connectivity index (χ2v) is 5.13. The maximum absolute atomic E-state index is 13.7.